The van der Waals surface area contributed by atoms with E-state index in [2.05, 4.69) is 0 Å². The molecule has 5 heteroatoms. The van der Waals surface area contributed by atoms with Gasteiger partial charge in [-0.25, -0.2) is 0 Å². The molecule has 4 aliphatic rings. The van der Waals surface area contributed by atoms with Crippen molar-refractivity contribution < 1.29 is 14.4 Å². The van der Waals surface area contributed by atoms with Gasteiger partial charge in [-0.15, -0.1) is 0 Å². The number of carbonyl (C=O) groups excluding carboxylic acids is 3. The Morgan fingerprint density at radius 3 is 1.83 bits per heavy atom. The summed E-state index contributed by atoms with van der Waals surface area (Å²) in [5, 5.41) is 0. The zero-order valence-electron chi connectivity index (χ0n) is 14.4. The largest absolute Gasteiger partial charge is 0.342 e. The number of likely N-dealkylation sites (tertiary alicyclic amines) is 1. The minimum absolute atomic E-state index is 0.0200. The molecule has 1 aliphatic heterocycles. The van der Waals surface area contributed by atoms with Crippen LogP contribution in [-0.4, -0.2) is 47.2 Å². The van der Waals surface area contributed by atoms with Crippen LogP contribution in [0.1, 0.15) is 57.8 Å². The molecule has 4 rings (SSSR count). The second kappa shape index (κ2) is 6.49. The molecule has 1 heterocycles. The van der Waals surface area contributed by atoms with Gasteiger partial charge in [-0.2, -0.15) is 0 Å². The van der Waals surface area contributed by atoms with Crippen molar-refractivity contribution in [2.75, 3.05) is 19.6 Å². The van der Waals surface area contributed by atoms with Crippen molar-refractivity contribution in [3.8, 4) is 0 Å². The van der Waals surface area contributed by atoms with Crippen LogP contribution in [0.5, 0.6) is 0 Å². The first-order valence-corrected chi connectivity index (χ1v) is 9.76. The van der Waals surface area contributed by atoms with Gasteiger partial charge in [0.1, 0.15) is 0 Å². The van der Waals surface area contributed by atoms with Crippen molar-refractivity contribution in [2.24, 2.45) is 23.7 Å². The lowest BCUT2D eigenvalue weighted by molar-refractivity contribution is -0.141. The summed E-state index contributed by atoms with van der Waals surface area (Å²) in [6.45, 7) is 2.04. The summed E-state index contributed by atoms with van der Waals surface area (Å²) < 4.78 is 0. The molecule has 0 bridgehead atoms. The van der Waals surface area contributed by atoms with Crippen molar-refractivity contribution in [1.29, 1.82) is 0 Å². The fraction of sp³-hybridized carbons (Fsp3) is 0.842. The van der Waals surface area contributed by atoms with Crippen molar-refractivity contribution in [1.82, 2.24) is 9.80 Å². The molecule has 3 aliphatic carbocycles. The average Bonchev–Trinajstić information content (AvgIpc) is 3.49. The third-order valence-corrected chi connectivity index (χ3v) is 6.19. The van der Waals surface area contributed by atoms with E-state index in [1.807, 2.05) is 4.90 Å². The van der Waals surface area contributed by atoms with E-state index in [1.165, 1.54) is 30.6 Å². The van der Waals surface area contributed by atoms with E-state index in [4.69, 9.17) is 0 Å². The Bertz CT molecular complexity index is 501. The molecule has 0 N–H and O–H groups in total. The fourth-order valence-corrected chi connectivity index (χ4v) is 4.32. The smallest absolute Gasteiger partial charge is 0.233 e. The molecule has 24 heavy (non-hydrogen) atoms. The van der Waals surface area contributed by atoms with Crippen LogP contribution in [0.3, 0.4) is 0 Å². The first-order chi connectivity index (χ1) is 11.6. The van der Waals surface area contributed by atoms with Gasteiger partial charge in [0.25, 0.3) is 0 Å². The van der Waals surface area contributed by atoms with Gasteiger partial charge in [0.2, 0.25) is 17.7 Å². The van der Waals surface area contributed by atoms with Gasteiger partial charge >= 0.3 is 0 Å². The van der Waals surface area contributed by atoms with E-state index >= 15 is 0 Å². The number of carbonyl (C=O) groups is 3. The second-order valence-electron chi connectivity index (χ2n) is 8.26. The molecule has 5 nitrogen and oxygen atoms in total. The minimum Gasteiger partial charge on any atom is -0.342 e. The van der Waals surface area contributed by atoms with Gasteiger partial charge < -0.3 is 4.90 Å². The molecule has 4 fully saturated rings. The highest BCUT2D eigenvalue weighted by molar-refractivity contribution is 6.05. The summed E-state index contributed by atoms with van der Waals surface area (Å²) in [6, 6.07) is 0. The summed E-state index contributed by atoms with van der Waals surface area (Å²) >= 11 is 0. The first-order valence-electron chi connectivity index (χ1n) is 9.76. The van der Waals surface area contributed by atoms with Crippen LogP contribution in [0.25, 0.3) is 0 Å². The Labute approximate surface area is 143 Å². The summed E-state index contributed by atoms with van der Waals surface area (Å²) in [4.78, 5) is 41.0. The number of nitrogens with zero attached hydrogens (tertiary/aromatic N) is 2. The summed E-state index contributed by atoms with van der Waals surface area (Å²) in [6.07, 6.45) is 9.03. The van der Waals surface area contributed by atoms with Crippen molar-refractivity contribution in [3.05, 3.63) is 0 Å². The van der Waals surface area contributed by atoms with E-state index in [9.17, 15) is 14.4 Å². The summed E-state index contributed by atoms with van der Waals surface area (Å²) in [5.74, 6) is 1.26. The second-order valence-corrected chi connectivity index (χ2v) is 8.26. The Hall–Kier alpha value is -1.39. The van der Waals surface area contributed by atoms with E-state index in [0.717, 1.165) is 38.8 Å². The van der Waals surface area contributed by atoms with Crippen LogP contribution in [-0.2, 0) is 14.4 Å². The van der Waals surface area contributed by atoms with Crippen molar-refractivity contribution >= 4 is 17.7 Å². The molecule has 2 atom stereocenters. The Kier molecular flexibility index (Phi) is 4.35. The SMILES string of the molecule is O=C(CCN1C(=O)[C@H]2CCCC[C@@H]2C1=O)N(CC1CC1)CC1CC1. The summed E-state index contributed by atoms with van der Waals surface area (Å²) in [7, 11) is 0. The molecule has 1 saturated heterocycles. The molecule has 3 saturated carbocycles. The molecule has 0 aromatic carbocycles. The van der Waals surface area contributed by atoms with Crippen molar-refractivity contribution in [2.45, 2.75) is 57.8 Å². The van der Waals surface area contributed by atoms with E-state index in [1.54, 1.807) is 0 Å². The zero-order valence-corrected chi connectivity index (χ0v) is 14.4. The number of imide groups is 1. The Morgan fingerprint density at radius 1 is 0.875 bits per heavy atom. The average molecular weight is 332 g/mol. The summed E-state index contributed by atoms with van der Waals surface area (Å²) in [5.41, 5.74) is 0. The number of hydrogen-bond donors (Lipinski definition) is 0. The fourth-order valence-electron chi connectivity index (χ4n) is 4.32. The minimum atomic E-state index is -0.101. The molecule has 0 aromatic heterocycles. The van der Waals surface area contributed by atoms with E-state index < -0.39 is 0 Å². The highest BCUT2D eigenvalue weighted by Crippen LogP contribution is 2.38. The third kappa shape index (κ3) is 3.35. The van der Waals surface area contributed by atoms with Crippen LogP contribution in [0.2, 0.25) is 0 Å². The molecule has 132 valence electrons. The van der Waals surface area contributed by atoms with E-state index in [-0.39, 0.29) is 36.1 Å². The van der Waals surface area contributed by atoms with Gasteiger partial charge in [0.15, 0.2) is 0 Å². The van der Waals surface area contributed by atoms with Crippen LogP contribution in [0.4, 0.5) is 0 Å². The lowest BCUT2D eigenvalue weighted by atomic mass is 9.81. The number of hydrogen-bond acceptors (Lipinski definition) is 3. The van der Waals surface area contributed by atoms with Gasteiger partial charge in [-0.1, -0.05) is 12.8 Å². The monoisotopic (exact) mass is 332 g/mol. The molecule has 0 radical (unpaired) electrons. The normalized spacial score (nSPS) is 29.8. The molecule has 0 aromatic rings. The third-order valence-electron chi connectivity index (χ3n) is 6.19. The highest BCUT2D eigenvalue weighted by Gasteiger charge is 2.48. The Balaban J connectivity index is 1.33. The van der Waals surface area contributed by atoms with Gasteiger partial charge in [0.05, 0.1) is 11.8 Å². The Morgan fingerprint density at radius 2 is 1.38 bits per heavy atom. The highest BCUT2D eigenvalue weighted by atomic mass is 16.2. The molecule has 3 amide bonds. The maximum absolute atomic E-state index is 12.6. The molecular formula is C19H28N2O3. The quantitative estimate of drug-likeness (QED) is 0.672. The van der Waals surface area contributed by atoms with Gasteiger partial charge in [0, 0.05) is 26.1 Å². The standard InChI is InChI=1S/C19H28N2O3/c22-17(20(11-13-5-6-13)12-14-7-8-14)9-10-21-18(23)15-3-1-2-4-16(15)19(21)24/h13-16H,1-12H2/t15-,16-/m0/s1. The predicted octanol–water partition coefficient (Wildman–Crippen LogP) is 2.20. The maximum Gasteiger partial charge on any atom is 0.233 e. The number of amides is 3. The number of rotatable bonds is 7. The number of fused-ring (bicyclic) bond motifs is 1. The molecular weight excluding hydrogens is 304 g/mol. The lowest BCUT2D eigenvalue weighted by Crippen LogP contribution is -2.39. The molecule has 0 unspecified atom stereocenters. The zero-order chi connectivity index (χ0) is 16.7. The van der Waals surface area contributed by atoms with Crippen LogP contribution < -0.4 is 0 Å². The topological polar surface area (TPSA) is 57.7 Å². The van der Waals surface area contributed by atoms with Gasteiger partial charge in [-0.3, -0.25) is 19.3 Å². The van der Waals surface area contributed by atoms with E-state index in [0.29, 0.717) is 18.3 Å². The maximum atomic E-state index is 12.6. The molecule has 0 spiro atoms. The first kappa shape index (κ1) is 16.1. The lowest BCUT2D eigenvalue weighted by Gasteiger charge is -2.24. The van der Waals surface area contributed by atoms with Crippen LogP contribution >= 0.6 is 0 Å². The van der Waals surface area contributed by atoms with Crippen LogP contribution in [0, 0.1) is 23.7 Å². The van der Waals surface area contributed by atoms with Crippen molar-refractivity contribution in [3.63, 3.8) is 0 Å². The predicted molar refractivity (Wildman–Crippen MR) is 88.8 cm³/mol. The van der Waals surface area contributed by atoms with Crippen LogP contribution in [0.15, 0.2) is 0 Å². The van der Waals surface area contributed by atoms with Gasteiger partial charge in [-0.05, 0) is 50.4 Å².